The molecule has 21 nitrogen and oxygen atoms in total. The van der Waals surface area contributed by atoms with E-state index in [0.717, 1.165) is 5.56 Å². The summed E-state index contributed by atoms with van der Waals surface area (Å²) >= 11 is 0. The molecule has 0 spiro atoms. The molecule has 1 rings (SSSR count). The summed E-state index contributed by atoms with van der Waals surface area (Å²) in [5.41, 5.74) is 28.8. The van der Waals surface area contributed by atoms with Crippen LogP contribution in [0.2, 0.25) is 0 Å². The van der Waals surface area contributed by atoms with Gasteiger partial charge in [-0.15, -0.1) is 0 Å². The van der Waals surface area contributed by atoms with Crippen molar-refractivity contribution in [3.63, 3.8) is 0 Å². The van der Waals surface area contributed by atoms with Crippen molar-refractivity contribution in [1.82, 2.24) is 21.3 Å². The van der Waals surface area contributed by atoms with Crippen molar-refractivity contribution in [2.24, 2.45) is 75.1 Å². The number of nitrogens with zero attached hydrogens (tertiary/aromatic N) is 1. The number of rotatable bonds is 39. The van der Waals surface area contributed by atoms with Gasteiger partial charge in [0, 0.05) is 61.8 Å². The molecule has 0 aliphatic rings. The highest BCUT2D eigenvalue weighted by molar-refractivity contribution is 5.98. The number of guanidine groups is 1. The van der Waals surface area contributed by atoms with Gasteiger partial charge in [-0.1, -0.05) is 60.1 Å². The second kappa shape index (κ2) is 34.6. The average molecular weight is 1040 g/mol. The molecule has 0 radical (unpaired) electrons. The highest BCUT2D eigenvalue weighted by Crippen LogP contribution is 2.23. The van der Waals surface area contributed by atoms with Crippen molar-refractivity contribution in [2.75, 3.05) is 19.6 Å². The topological polar surface area (TPSA) is 385 Å². The van der Waals surface area contributed by atoms with Crippen LogP contribution in [0.1, 0.15) is 144 Å². The fraction of sp³-hybridized carbons (Fsp3) is 0.698. The maximum atomic E-state index is 14.0. The second-order valence-electron chi connectivity index (χ2n) is 20.7. The third-order valence-electron chi connectivity index (χ3n) is 13.1. The number of aliphatic imine (C=N–C) groups is 1. The van der Waals surface area contributed by atoms with Crippen molar-refractivity contribution in [2.45, 2.75) is 176 Å². The van der Waals surface area contributed by atoms with Crippen LogP contribution in [0.5, 0.6) is 5.75 Å². The largest absolute Gasteiger partial charge is 0.508 e. The van der Waals surface area contributed by atoms with Crippen molar-refractivity contribution < 1.29 is 53.4 Å². The molecule has 0 unspecified atom stereocenters. The van der Waals surface area contributed by atoms with Crippen molar-refractivity contribution >= 4 is 58.6 Å². The number of Topliss-reactive ketones (excluding diaryl/α,β-unsaturated/α-hetero) is 4. The Labute approximate surface area is 437 Å². The van der Waals surface area contributed by atoms with E-state index in [4.69, 9.17) is 28.7 Å². The number of nitrogens with one attached hydrogen (secondary N) is 4. The lowest BCUT2D eigenvalue weighted by Crippen LogP contribution is -2.51. The Bertz CT molecular complexity index is 2010. The van der Waals surface area contributed by atoms with Gasteiger partial charge in [0.25, 0.3) is 0 Å². The molecule has 21 heteroatoms. The lowest BCUT2D eigenvalue weighted by molar-refractivity contribution is -0.137. The maximum Gasteiger partial charge on any atom is 0.224 e. The van der Waals surface area contributed by atoms with Gasteiger partial charge in [-0.3, -0.25) is 48.1 Å². The number of primary amides is 1. The minimum absolute atomic E-state index is 0.0571. The standard InChI is InChI=1S/C53H90N10O11/c1-30(2)24-38(48(56)70)28-46(69)47(35(8)64)63-50(72)33(6)26-44(67)41(15-10-12-22-55)62-52(74)40(31(3)4)29-43(66)34(7)60-51(73)37(14-9-11-21-54)27-45(68)42(16-13-23-59-53(57)58)61-49(71)32(5)25-36-17-19-39(65)20-18-36/h17-20,30-35,37-38,40-42,47,64-65H,9-16,21-29,54-55H2,1-8H3,(H2,56,70)(H,60,73)(H,61,71)(H,62,74)(H,63,72)(H4,57,58,59)/t32-,33+,34-,35+,37+,38+,40-,41-,42-,47-/m0/s1. The predicted octanol–water partition coefficient (Wildman–Crippen LogP) is 1.73. The Kier molecular flexibility index (Phi) is 31.0. The van der Waals surface area contributed by atoms with Crippen LogP contribution in [0.3, 0.4) is 0 Å². The SMILES string of the molecule is CC(C)C[C@H](CC(=O)[C@@H](NC(=O)[C@H](C)CC(=O)[C@H](CCCCN)NC(=O)[C@@H](CC(=O)[C@H](C)NC(=O)[C@H](CCCCN)CC(=O)[C@H](CCCN=C(N)N)NC(=O)[C@@H](C)Cc1ccc(O)cc1)C(C)C)[C@@H](C)O)C(N)=O. The van der Waals surface area contributed by atoms with E-state index in [1.165, 1.54) is 32.9 Å². The van der Waals surface area contributed by atoms with Crippen LogP contribution >= 0.6 is 0 Å². The molecule has 0 heterocycles. The summed E-state index contributed by atoms with van der Waals surface area (Å²) in [7, 11) is 0. The molecule has 1 aromatic carbocycles. The molecule has 0 fully saturated rings. The average Bonchev–Trinajstić information content (AvgIpc) is 3.32. The van der Waals surface area contributed by atoms with E-state index in [-0.39, 0.29) is 75.0 Å². The molecule has 0 aliphatic heterocycles. The second-order valence-corrected chi connectivity index (χ2v) is 20.7. The lowest BCUT2D eigenvalue weighted by Gasteiger charge is -2.27. The number of aromatic hydroxyl groups is 1. The first-order valence-electron chi connectivity index (χ1n) is 26.3. The number of nitrogens with two attached hydrogens (primary N) is 5. The number of carbonyl (C=O) groups is 9. The van der Waals surface area contributed by atoms with Crippen LogP contribution < -0.4 is 49.9 Å². The van der Waals surface area contributed by atoms with Gasteiger partial charge in [0.1, 0.15) is 11.8 Å². The molecule has 0 saturated heterocycles. The van der Waals surface area contributed by atoms with Crippen LogP contribution in [0.25, 0.3) is 0 Å². The zero-order chi connectivity index (χ0) is 56.2. The molecular weight excluding hydrogens is 953 g/mol. The summed E-state index contributed by atoms with van der Waals surface area (Å²) in [6, 6.07) is 1.95. The van der Waals surface area contributed by atoms with Gasteiger partial charge in [0.2, 0.25) is 29.5 Å². The number of hydrogen-bond acceptors (Lipinski definition) is 14. The van der Waals surface area contributed by atoms with Crippen molar-refractivity contribution in [3.8, 4) is 5.75 Å². The first-order valence-corrected chi connectivity index (χ1v) is 26.3. The van der Waals surface area contributed by atoms with Gasteiger partial charge in [0.15, 0.2) is 29.1 Å². The van der Waals surface area contributed by atoms with E-state index in [1.54, 1.807) is 32.9 Å². The molecule has 0 aliphatic carbocycles. The maximum absolute atomic E-state index is 14.0. The Balaban J connectivity index is 3.21. The summed E-state index contributed by atoms with van der Waals surface area (Å²) < 4.78 is 0. The minimum atomic E-state index is -1.36. The van der Waals surface area contributed by atoms with Crippen LogP contribution in [-0.2, 0) is 49.6 Å². The monoisotopic (exact) mass is 1040 g/mol. The number of aliphatic hydroxyl groups excluding tert-OH is 1. The smallest absolute Gasteiger partial charge is 0.224 e. The Morgan fingerprint density at radius 2 is 1.09 bits per heavy atom. The number of ketones is 4. The number of amides is 5. The van der Waals surface area contributed by atoms with Crippen LogP contribution in [-0.4, -0.2) is 119 Å². The fourth-order valence-corrected chi connectivity index (χ4v) is 8.52. The summed E-state index contributed by atoms with van der Waals surface area (Å²) in [5.74, 6) is -9.42. The molecule has 16 N–H and O–H groups in total. The summed E-state index contributed by atoms with van der Waals surface area (Å²) in [6.45, 7) is 14.1. The van der Waals surface area contributed by atoms with E-state index < -0.39 is 113 Å². The van der Waals surface area contributed by atoms with Gasteiger partial charge >= 0.3 is 0 Å². The Morgan fingerprint density at radius 1 is 0.568 bits per heavy atom. The third kappa shape index (κ3) is 25.4. The number of phenolic OH excluding ortho intramolecular Hbond substituents is 1. The highest BCUT2D eigenvalue weighted by atomic mass is 16.3. The van der Waals surface area contributed by atoms with Gasteiger partial charge in [-0.2, -0.15) is 0 Å². The molecule has 0 bridgehead atoms. The minimum Gasteiger partial charge on any atom is -0.508 e. The number of benzene rings is 1. The van der Waals surface area contributed by atoms with Gasteiger partial charge in [-0.25, -0.2) is 0 Å². The summed E-state index contributed by atoms with van der Waals surface area (Å²) in [6.07, 6.45) is 1.18. The molecule has 0 saturated carbocycles. The number of unbranched alkanes of at least 4 members (excludes halogenated alkanes) is 2. The molecule has 418 valence electrons. The van der Waals surface area contributed by atoms with E-state index in [2.05, 4.69) is 26.3 Å². The zero-order valence-corrected chi connectivity index (χ0v) is 45.2. The molecule has 74 heavy (non-hydrogen) atoms. The van der Waals surface area contributed by atoms with E-state index in [1.807, 2.05) is 13.8 Å². The first kappa shape index (κ1) is 66.2. The third-order valence-corrected chi connectivity index (χ3v) is 13.1. The van der Waals surface area contributed by atoms with Gasteiger partial charge in [0.05, 0.1) is 24.2 Å². The highest BCUT2D eigenvalue weighted by Gasteiger charge is 2.35. The van der Waals surface area contributed by atoms with Crippen LogP contribution in [0.15, 0.2) is 29.3 Å². The van der Waals surface area contributed by atoms with E-state index in [0.29, 0.717) is 58.0 Å². The number of phenols is 1. The van der Waals surface area contributed by atoms with Crippen molar-refractivity contribution in [3.05, 3.63) is 29.8 Å². The van der Waals surface area contributed by atoms with Crippen molar-refractivity contribution in [1.29, 1.82) is 0 Å². The molecule has 5 amide bonds. The van der Waals surface area contributed by atoms with Gasteiger partial charge in [-0.05, 0) is 114 Å². The number of aliphatic hydroxyl groups is 1. The van der Waals surface area contributed by atoms with Gasteiger partial charge < -0.3 is 60.1 Å². The Hall–Kier alpha value is -5.80. The zero-order valence-electron chi connectivity index (χ0n) is 45.2. The van der Waals surface area contributed by atoms with Crippen LogP contribution in [0, 0.1) is 41.4 Å². The fourth-order valence-electron chi connectivity index (χ4n) is 8.52. The van der Waals surface area contributed by atoms with E-state index >= 15 is 0 Å². The molecule has 10 atom stereocenters. The lowest BCUT2D eigenvalue weighted by atomic mass is 9.87. The number of hydrogen-bond donors (Lipinski definition) is 11. The molecular formula is C53H90N10O11. The quantitative estimate of drug-likeness (QED) is 0.0254. The summed E-state index contributed by atoms with van der Waals surface area (Å²) in [4.78, 5) is 126. The Morgan fingerprint density at radius 3 is 1.62 bits per heavy atom. The number of carbonyl (C=O) groups excluding carboxylic acids is 9. The molecule has 1 aromatic rings. The first-order chi connectivity index (χ1) is 34.7. The van der Waals surface area contributed by atoms with E-state index in [9.17, 15) is 53.4 Å². The van der Waals surface area contributed by atoms with Crippen LogP contribution in [0.4, 0.5) is 0 Å². The normalized spacial score (nSPS) is 15.5. The molecule has 0 aromatic heterocycles. The summed E-state index contributed by atoms with van der Waals surface area (Å²) in [5, 5.41) is 31.0. The predicted molar refractivity (Wildman–Crippen MR) is 283 cm³/mol.